The van der Waals surface area contributed by atoms with E-state index in [2.05, 4.69) is 57.0 Å². The third-order valence-corrected chi connectivity index (χ3v) is 16.8. The maximum absolute atomic E-state index is 6.29. The van der Waals surface area contributed by atoms with Crippen LogP contribution in [-0.4, -0.2) is 36.9 Å². The van der Waals surface area contributed by atoms with Crippen molar-refractivity contribution in [3.8, 4) is 0 Å². The number of rotatable bonds is 8. The second-order valence-electron chi connectivity index (χ2n) is 5.66. The summed E-state index contributed by atoms with van der Waals surface area (Å²) in [4.78, 5) is 0. The molecule has 0 N–H and O–H groups in total. The molecule has 0 amide bonds. The molecule has 1 aromatic rings. The van der Waals surface area contributed by atoms with Gasteiger partial charge in [0.05, 0.1) is 0 Å². The molecule has 19 heavy (non-hydrogen) atoms. The fourth-order valence-corrected chi connectivity index (χ4v) is 11.6. The molecule has 0 aliphatic carbocycles. The summed E-state index contributed by atoms with van der Waals surface area (Å²) >= 11 is 0. The first kappa shape index (κ1) is 16.8. The maximum Gasteiger partial charge on any atom is 0.178 e. The molecule has 2 nitrogen and oxygen atoms in total. The minimum absolute atomic E-state index is 0.343. The molecule has 0 aliphatic heterocycles. The predicted molar refractivity (Wildman–Crippen MR) is 96.6 cm³/mol. The highest BCUT2D eigenvalue weighted by molar-refractivity contribution is 6.83. The lowest BCUT2D eigenvalue weighted by Gasteiger charge is -2.23. The first-order valence-corrected chi connectivity index (χ1v) is 15.7. The molecule has 0 saturated heterocycles. The van der Waals surface area contributed by atoms with E-state index in [9.17, 15) is 0 Å². The van der Waals surface area contributed by atoms with E-state index in [0.29, 0.717) is 0 Å². The summed E-state index contributed by atoms with van der Waals surface area (Å²) < 4.78 is 12.2. The highest BCUT2D eigenvalue weighted by Crippen LogP contribution is 2.09. The Morgan fingerprint density at radius 3 is 2.42 bits per heavy atom. The molecule has 0 heterocycles. The van der Waals surface area contributed by atoms with Crippen molar-refractivity contribution < 1.29 is 8.23 Å². The molecule has 1 rings (SSSR count). The molecular formula is C13H26O2Si4. The Kier molecular flexibility index (Phi) is 7.19. The van der Waals surface area contributed by atoms with E-state index in [0.717, 1.165) is 0 Å². The lowest BCUT2D eigenvalue weighted by molar-refractivity contribution is 0.590. The summed E-state index contributed by atoms with van der Waals surface area (Å²) in [5, 5.41) is 1.38. The SMILES string of the molecule is C=Cc1ccc([SiH2]O[Si](C)(C)C[SiH2]O[SiH](C)C)cc1. The average molecular weight is 327 g/mol. The molecule has 0 spiro atoms. The quantitative estimate of drug-likeness (QED) is 0.671. The van der Waals surface area contributed by atoms with Crippen molar-refractivity contribution in [2.24, 2.45) is 0 Å². The molecule has 0 aromatic heterocycles. The standard InChI is InChI=1S/C13H26O2Si4/c1-6-12-7-9-13(10-8-12)17-15-19(4,5)11-16-14-18(2)3/h6-10,18H,1,11,16-17H2,2-5H3. The van der Waals surface area contributed by atoms with Crippen molar-refractivity contribution in [3.63, 3.8) is 0 Å². The van der Waals surface area contributed by atoms with Crippen LogP contribution < -0.4 is 5.19 Å². The summed E-state index contributed by atoms with van der Waals surface area (Å²) in [6.45, 7) is 12.9. The van der Waals surface area contributed by atoms with E-state index in [1.807, 2.05) is 6.08 Å². The second kappa shape index (κ2) is 8.13. The van der Waals surface area contributed by atoms with Crippen molar-refractivity contribution in [2.45, 2.75) is 31.9 Å². The molecule has 0 aliphatic rings. The van der Waals surface area contributed by atoms with Gasteiger partial charge in [-0.2, -0.15) is 0 Å². The van der Waals surface area contributed by atoms with Gasteiger partial charge in [-0.1, -0.05) is 36.9 Å². The topological polar surface area (TPSA) is 18.5 Å². The Hall–Kier alpha value is -0.252. The maximum atomic E-state index is 6.29. The molecule has 6 heteroatoms. The summed E-state index contributed by atoms with van der Waals surface area (Å²) in [7, 11) is -3.22. The van der Waals surface area contributed by atoms with Gasteiger partial charge >= 0.3 is 0 Å². The fourth-order valence-electron chi connectivity index (χ4n) is 1.64. The van der Waals surface area contributed by atoms with Crippen molar-refractivity contribution in [2.75, 3.05) is 0 Å². The van der Waals surface area contributed by atoms with Crippen LogP contribution >= 0.6 is 0 Å². The lowest BCUT2D eigenvalue weighted by atomic mass is 10.2. The fraction of sp³-hybridized carbons (Fsp3) is 0.385. The van der Waals surface area contributed by atoms with Crippen molar-refractivity contribution >= 4 is 48.1 Å². The Labute approximate surface area is 125 Å². The lowest BCUT2D eigenvalue weighted by Crippen LogP contribution is -2.38. The summed E-state index contributed by atoms with van der Waals surface area (Å²) in [6.07, 6.45) is 1.88. The summed E-state index contributed by atoms with van der Waals surface area (Å²) in [6, 6.07) is 8.61. The van der Waals surface area contributed by atoms with Gasteiger partial charge in [-0.3, -0.25) is 0 Å². The smallest absolute Gasteiger partial charge is 0.178 e. The Balaban J connectivity index is 2.38. The second-order valence-corrected chi connectivity index (χ2v) is 17.3. The van der Waals surface area contributed by atoms with Crippen LogP contribution in [0.4, 0.5) is 0 Å². The van der Waals surface area contributed by atoms with Crippen LogP contribution in [0, 0.1) is 0 Å². The molecule has 0 bridgehead atoms. The van der Waals surface area contributed by atoms with Crippen LogP contribution in [0.15, 0.2) is 30.8 Å². The van der Waals surface area contributed by atoms with Crippen LogP contribution in [0.3, 0.4) is 0 Å². The third kappa shape index (κ3) is 7.19. The summed E-state index contributed by atoms with van der Waals surface area (Å²) in [5.41, 5.74) is 2.42. The van der Waals surface area contributed by atoms with Gasteiger partial charge in [0.15, 0.2) is 27.1 Å². The number of hydrogen-bond acceptors (Lipinski definition) is 2. The highest BCUT2D eigenvalue weighted by Gasteiger charge is 2.22. The van der Waals surface area contributed by atoms with Crippen LogP contribution in [-0.2, 0) is 8.23 Å². The monoisotopic (exact) mass is 326 g/mol. The van der Waals surface area contributed by atoms with E-state index >= 15 is 0 Å². The van der Waals surface area contributed by atoms with Gasteiger partial charge in [0.2, 0.25) is 0 Å². The molecule has 0 radical (unpaired) electrons. The molecule has 0 atom stereocenters. The average Bonchev–Trinajstić information content (AvgIpc) is 2.36. The van der Waals surface area contributed by atoms with Gasteiger partial charge in [0, 0.05) is 0 Å². The zero-order valence-corrected chi connectivity index (χ0v) is 17.6. The molecule has 1 aromatic carbocycles. The largest absolute Gasteiger partial charge is 0.463 e. The van der Waals surface area contributed by atoms with Gasteiger partial charge in [-0.15, -0.1) is 0 Å². The van der Waals surface area contributed by atoms with Gasteiger partial charge in [-0.05, 0) is 42.6 Å². The van der Waals surface area contributed by atoms with Gasteiger partial charge in [-0.25, -0.2) is 0 Å². The first-order chi connectivity index (χ1) is 8.93. The van der Waals surface area contributed by atoms with Crippen molar-refractivity contribution in [3.05, 3.63) is 36.4 Å². The Morgan fingerprint density at radius 1 is 1.26 bits per heavy atom. The minimum Gasteiger partial charge on any atom is -0.463 e. The third-order valence-electron chi connectivity index (χ3n) is 3.00. The van der Waals surface area contributed by atoms with E-state index in [-0.39, 0.29) is 9.76 Å². The predicted octanol–water partition coefficient (Wildman–Crippen LogP) is 1.30. The van der Waals surface area contributed by atoms with Crippen molar-refractivity contribution in [1.82, 2.24) is 0 Å². The van der Waals surface area contributed by atoms with E-state index in [1.165, 1.54) is 16.4 Å². The van der Waals surface area contributed by atoms with Gasteiger partial charge in [0.25, 0.3) is 0 Å². The number of benzene rings is 1. The first-order valence-electron chi connectivity index (χ1n) is 6.90. The minimum atomic E-state index is -1.47. The van der Waals surface area contributed by atoms with Crippen LogP contribution in [0.1, 0.15) is 5.56 Å². The number of hydrogen-bond donors (Lipinski definition) is 0. The van der Waals surface area contributed by atoms with Gasteiger partial charge < -0.3 is 8.23 Å². The normalized spacial score (nSPS) is 13.1. The molecule has 0 fully saturated rings. The molecule has 0 saturated carbocycles. The van der Waals surface area contributed by atoms with E-state index in [1.54, 1.807) is 0 Å². The Bertz CT molecular complexity index is 390. The van der Waals surface area contributed by atoms with Crippen LogP contribution in [0.25, 0.3) is 6.08 Å². The van der Waals surface area contributed by atoms with Crippen molar-refractivity contribution in [1.29, 1.82) is 0 Å². The van der Waals surface area contributed by atoms with Crippen LogP contribution in [0.5, 0.6) is 0 Å². The zero-order chi connectivity index (χ0) is 14.3. The van der Waals surface area contributed by atoms with Crippen LogP contribution in [0.2, 0.25) is 31.9 Å². The molecule has 0 unspecified atom stereocenters. The zero-order valence-electron chi connectivity index (χ0n) is 12.6. The highest BCUT2D eigenvalue weighted by atomic mass is 28.4. The van der Waals surface area contributed by atoms with E-state index < -0.39 is 27.1 Å². The molecule has 106 valence electrons. The van der Waals surface area contributed by atoms with Gasteiger partial charge in [0.1, 0.15) is 9.76 Å². The summed E-state index contributed by atoms with van der Waals surface area (Å²) in [5.74, 6) is 0. The molecular weight excluding hydrogens is 300 g/mol. The Morgan fingerprint density at radius 2 is 1.89 bits per heavy atom. The van der Waals surface area contributed by atoms with E-state index in [4.69, 9.17) is 8.23 Å².